The molecule has 0 aliphatic heterocycles. The van der Waals surface area contributed by atoms with Gasteiger partial charge in [-0.3, -0.25) is 0 Å². The van der Waals surface area contributed by atoms with Crippen molar-refractivity contribution in [1.82, 2.24) is 0 Å². The van der Waals surface area contributed by atoms with Gasteiger partial charge < -0.3 is 5.11 Å². The van der Waals surface area contributed by atoms with E-state index in [-0.39, 0.29) is 6.10 Å². The summed E-state index contributed by atoms with van der Waals surface area (Å²) < 4.78 is 0. The molecule has 0 radical (unpaired) electrons. The number of hydrogen-bond acceptors (Lipinski definition) is 1. The minimum Gasteiger partial charge on any atom is -0.393 e. The van der Waals surface area contributed by atoms with Crippen LogP contribution in [0.15, 0.2) is 0 Å². The van der Waals surface area contributed by atoms with Crippen molar-refractivity contribution in [2.45, 2.75) is 38.2 Å². The second-order valence-corrected chi connectivity index (χ2v) is 6.49. The number of fused-ring (bicyclic) bond motifs is 1. The van der Waals surface area contributed by atoms with Gasteiger partial charge in [-0.25, -0.2) is 0 Å². The molecule has 5 aliphatic carbocycles. The average Bonchev–Trinajstić information content (AvgIpc) is 2.43. The fourth-order valence-electron chi connectivity index (χ4n) is 6.60. The van der Waals surface area contributed by atoms with Gasteiger partial charge in [-0.05, 0) is 66.6 Å². The van der Waals surface area contributed by atoms with Crippen molar-refractivity contribution in [2.24, 2.45) is 34.5 Å². The number of aliphatic hydroxyl groups is 1. The lowest BCUT2D eigenvalue weighted by Gasteiger charge is -2.47. The van der Waals surface area contributed by atoms with Gasteiger partial charge in [-0.2, -0.15) is 0 Å². The molecule has 2 bridgehead atoms. The number of rotatable bonds is 0. The zero-order valence-corrected chi connectivity index (χ0v) is 7.87. The van der Waals surface area contributed by atoms with E-state index in [0.717, 1.165) is 35.5 Å². The SMILES string of the molecule is OC1CCC2C(C1)C13CC4C1C24C3. The first-order valence-corrected chi connectivity index (χ1v) is 5.97. The van der Waals surface area contributed by atoms with Crippen LogP contribution in [-0.2, 0) is 0 Å². The molecular weight excluding hydrogens is 160 g/mol. The summed E-state index contributed by atoms with van der Waals surface area (Å²) in [5, 5.41) is 9.72. The van der Waals surface area contributed by atoms with E-state index in [9.17, 15) is 5.11 Å². The standard InChI is InChI=1S/C12H16O/c13-6-1-2-7-8(3-6)11-4-9-10(11)12(7,9)5-11/h6-10,13H,1-5H2. The van der Waals surface area contributed by atoms with Crippen molar-refractivity contribution in [1.29, 1.82) is 0 Å². The Kier molecular flexibility index (Phi) is 0.697. The van der Waals surface area contributed by atoms with Crippen LogP contribution in [0.3, 0.4) is 0 Å². The van der Waals surface area contributed by atoms with Gasteiger partial charge in [0.1, 0.15) is 0 Å². The summed E-state index contributed by atoms with van der Waals surface area (Å²) >= 11 is 0. The lowest BCUT2D eigenvalue weighted by atomic mass is 9.58. The Hall–Kier alpha value is -0.0400. The first-order valence-electron chi connectivity index (χ1n) is 5.97. The summed E-state index contributed by atoms with van der Waals surface area (Å²) in [5.41, 5.74) is 1.71. The minimum absolute atomic E-state index is 0.0600. The van der Waals surface area contributed by atoms with E-state index >= 15 is 0 Å². The predicted molar refractivity (Wildman–Crippen MR) is 47.9 cm³/mol. The molecule has 1 N–H and O–H groups in total. The Morgan fingerprint density at radius 1 is 1.08 bits per heavy atom. The van der Waals surface area contributed by atoms with E-state index < -0.39 is 0 Å². The molecule has 0 aromatic carbocycles. The highest BCUT2D eigenvalue weighted by Crippen LogP contribution is 3.03. The first kappa shape index (κ1) is 6.44. The summed E-state index contributed by atoms with van der Waals surface area (Å²) in [6, 6.07) is 0. The van der Waals surface area contributed by atoms with Crippen molar-refractivity contribution in [2.75, 3.05) is 0 Å². The fourth-order valence-corrected chi connectivity index (χ4v) is 6.60. The van der Waals surface area contributed by atoms with Crippen LogP contribution in [0.2, 0.25) is 0 Å². The molecule has 0 heterocycles. The van der Waals surface area contributed by atoms with Crippen LogP contribution in [0, 0.1) is 34.5 Å². The van der Waals surface area contributed by atoms with Crippen molar-refractivity contribution in [3.05, 3.63) is 0 Å². The molecular formula is C12H16O. The van der Waals surface area contributed by atoms with Gasteiger partial charge >= 0.3 is 0 Å². The van der Waals surface area contributed by atoms with E-state index in [1.54, 1.807) is 12.8 Å². The molecule has 5 rings (SSSR count). The largest absolute Gasteiger partial charge is 0.393 e. The summed E-state index contributed by atoms with van der Waals surface area (Å²) in [6.07, 6.45) is 6.84. The molecule has 70 valence electrons. The normalized spacial score (nSPS) is 80.5. The Balaban J connectivity index is 1.64. The molecule has 0 amide bonds. The monoisotopic (exact) mass is 176 g/mol. The Labute approximate surface area is 78.5 Å². The van der Waals surface area contributed by atoms with E-state index in [1.807, 2.05) is 0 Å². The van der Waals surface area contributed by atoms with Crippen LogP contribution in [0.25, 0.3) is 0 Å². The molecule has 7 atom stereocenters. The van der Waals surface area contributed by atoms with Crippen LogP contribution in [-0.4, -0.2) is 11.2 Å². The molecule has 7 unspecified atom stereocenters. The average molecular weight is 176 g/mol. The Morgan fingerprint density at radius 2 is 2.00 bits per heavy atom. The number of aliphatic hydroxyl groups excluding tert-OH is 1. The van der Waals surface area contributed by atoms with Gasteiger partial charge in [0.25, 0.3) is 0 Å². The zero-order chi connectivity index (χ0) is 8.42. The molecule has 0 aromatic heterocycles. The van der Waals surface area contributed by atoms with Crippen molar-refractivity contribution in [3.8, 4) is 0 Å². The van der Waals surface area contributed by atoms with E-state index in [0.29, 0.717) is 0 Å². The second-order valence-electron chi connectivity index (χ2n) is 6.49. The molecule has 1 nitrogen and oxygen atoms in total. The highest BCUT2D eigenvalue weighted by atomic mass is 16.3. The van der Waals surface area contributed by atoms with Gasteiger partial charge in [0.15, 0.2) is 0 Å². The van der Waals surface area contributed by atoms with Gasteiger partial charge in [0.05, 0.1) is 6.10 Å². The van der Waals surface area contributed by atoms with Crippen LogP contribution in [0.5, 0.6) is 0 Å². The Morgan fingerprint density at radius 3 is 2.85 bits per heavy atom. The second kappa shape index (κ2) is 1.41. The van der Waals surface area contributed by atoms with Crippen molar-refractivity contribution < 1.29 is 5.11 Å². The highest BCUT2D eigenvalue weighted by molar-refractivity contribution is 5.45. The summed E-state index contributed by atoms with van der Waals surface area (Å²) in [7, 11) is 0. The zero-order valence-electron chi connectivity index (χ0n) is 7.87. The third kappa shape index (κ3) is 0.379. The van der Waals surface area contributed by atoms with Crippen molar-refractivity contribution in [3.63, 3.8) is 0 Å². The first-order chi connectivity index (χ1) is 6.29. The molecule has 13 heavy (non-hydrogen) atoms. The molecule has 0 aromatic rings. The van der Waals surface area contributed by atoms with Gasteiger partial charge in [-0.1, -0.05) is 0 Å². The lowest BCUT2D eigenvalue weighted by Crippen LogP contribution is -2.41. The van der Waals surface area contributed by atoms with Crippen LogP contribution in [0.1, 0.15) is 32.1 Å². The van der Waals surface area contributed by atoms with Crippen LogP contribution in [0.4, 0.5) is 0 Å². The van der Waals surface area contributed by atoms with E-state index in [1.165, 1.54) is 18.3 Å². The highest BCUT2D eigenvalue weighted by Gasteiger charge is 2.97. The third-order valence-electron chi connectivity index (χ3n) is 6.67. The maximum absolute atomic E-state index is 9.72. The molecule has 5 fully saturated rings. The molecule has 5 saturated carbocycles. The minimum atomic E-state index is 0.0600. The van der Waals surface area contributed by atoms with Crippen LogP contribution >= 0.6 is 0 Å². The molecule has 5 aliphatic rings. The smallest absolute Gasteiger partial charge is 0.0543 e. The quantitative estimate of drug-likeness (QED) is 0.596. The maximum atomic E-state index is 9.72. The van der Waals surface area contributed by atoms with Crippen molar-refractivity contribution >= 4 is 0 Å². The van der Waals surface area contributed by atoms with E-state index in [4.69, 9.17) is 0 Å². The Bertz CT molecular complexity index is 325. The fraction of sp³-hybridized carbons (Fsp3) is 1.00. The van der Waals surface area contributed by atoms with Gasteiger partial charge in [0.2, 0.25) is 0 Å². The molecule has 0 saturated heterocycles. The van der Waals surface area contributed by atoms with E-state index in [2.05, 4.69) is 0 Å². The number of hydrogen-bond donors (Lipinski definition) is 1. The van der Waals surface area contributed by atoms with Crippen LogP contribution < -0.4 is 0 Å². The third-order valence-corrected chi connectivity index (χ3v) is 6.67. The van der Waals surface area contributed by atoms with Gasteiger partial charge in [0, 0.05) is 0 Å². The summed E-state index contributed by atoms with van der Waals surface area (Å²) in [4.78, 5) is 0. The molecule has 0 spiro atoms. The van der Waals surface area contributed by atoms with Gasteiger partial charge in [-0.15, -0.1) is 0 Å². The maximum Gasteiger partial charge on any atom is 0.0543 e. The summed E-state index contributed by atoms with van der Waals surface area (Å²) in [6.45, 7) is 0. The topological polar surface area (TPSA) is 20.2 Å². The predicted octanol–water partition coefficient (Wildman–Crippen LogP) is 1.80. The summed E-state index contributed by atoms with van der Waals surface area (Å²) in [5.74, 6) is 4.40. The lowest BCUT2D eigenvalue weighted by molar-refractivity contribution is -0.0130. The molecule has 1 heteroatoms.